The van der Waals surface area contributed by atoms with Gasteiger partial charge in [0.15, 0.2) is 0 Å². The second-order valence-corrected chi connectivity index (χ2v) is 7.43. The summed E-state index contributed by atoms with van der Waals surface area (Å²) in [5, 5.41) is 0. The molecule has 1 aromatic heterocycles. The van der Waals surface area contributed by atoms with Crippen molar-refractivity contribution in [2.75, 3.05) is 18.0 Å². The van der Waals surface area contributed by atoms with Crippen LogP contribution in [0.1, 0.15) is 32.3 Å². The Morgan fingerprint density at radius 2 is 1.92 bits per heavy atom. The highest BCUT2D eigenvalue weighted by Crippen LogP contribution is 2.29. The summed E-state index contributed by atoms with van der Waals surface area (Å²) in [6.45, 7) is 5.71. The molecule has 3 rings (SSSR count). The molecule has 0 radical (unpaired) electrons. The van der Waals surface area contributed by atoms with Crippen LogP contribution in [0.5, 0.6) is 5.75 Å². The molecule has 1 fully saturated rings. The molecule has 1 aliphatic rings. The number of halogens is 2. The fraction of sp³-hybridized carbons (Fsp3) is 0.400. The number of hydrogen-bond donors (Lipinski definition) is 0. The zero-order chi connectivity index (χ0) is 18.5. The van der Waals surface area contributed by atoms with Crippen molar-refractivity contribution in [2.24, 2.45) is 5.92 Å². The first kappa shape index (κ1) is 18.7. The number of hydrogen-bond acceptors (Lipinski definition) is 4. The lowest BCUT2D eigenvalue weighted by Crippen LogP contribution is -2.39. The van der Waals surface area contributed by atoms with Gasteiger partial charge < -0.3 is 9.64 Å². The highest BCUT2D eigenvalue weighted by molar-refractivity contribution is 9.10. The Labute approximate surface area is 161 Å². The summed E-state index contributed by atoms with van der Waals surface area (Å²) in [6, 6.07) is 4.49. The van der Waals surface area contributed by atoms with Gasteiger partial charge in [-0.2, -0.15) is 0 Å². The number of piperidine rings is 1. The molecule has 2 aromatic rings. The van der Waals surface area contributed by atoms with Crippen LogP contribution in [-0.4, -0.2) is 29.2 Å². The van der Waals surface area contributed by atoms with Gasteiger partial charge in [-0.25, -0.2) is 14.4 Å². The van der Waals surface area contributed by atoms with Gasteiger partial charge >= 0.3 is 0 Å². The summed E-state index contributed by atoms with van der Waals surface area (Å²) >= 11 is 3.40. The van der Waals surface area contributed by atoms with E-state index in [0.717, 1.165) is 36.0 Å². The molecule has 0 amide bonds. The summed E-state index contributed by atoms with van der Waals surface area (Å²) in [5.41, 5.74) is 0.830. The maximum absolute atomic E-state index is 13.4. The van der Waals surface area contributed by atoms with Gasteiger partial charge in [0, 0.05) is 50.3 Å². The van der Waals surface area contributed by atoms with Crippen molar-refractivity contribution in [3.05, 3.63) is 46.4 Å². The lowest BCUT2D eigenvalue weighted by Gasteiger charge is -2.32. The molecular weight excluding hydrogens is 397 g/mol. The average molecular weight is 418 g/mol. The number of rotatable bonds is 3. The van der Waals surface area contributed by atoms with E-state index in [1.165, 1.54) is 12.1 Å². The Balaban J connectivity index is 1.57. The van der Waals surface area contributed by atoms with Crippen molar-refractivity contribution in [1.82, 2.24) is 9.97 Å². The van der Waals surface area contributed by atoms with Crippen LogP contribution in [0, 0.1) is 23.6 Å². The van der Waals surface area contributed by atoms with Crippen LogP contribution in [0.25, 0.3) is 0 Å². The molecule has 1 saturated heterocycles. The molecule has 0 spiro atoms. The molecule has 0 unspecified atom stereocenters. The summed E-state index contributed by atoms with van der Waals surface area (Å²) < 4.78 is 20.1. The van der Waals surface area contributed by atoms with Crippen LogP contribution >= 0.6 is 15.9 Å². The second-order valence-electron chi connectivity index (χ2n) is 6.57. The van der Waals surface area contributed by atoms with Crippen molar-refractivity contribution in [1.29, 1.82) is 0 Å². The summed E-state index contributed by atoms with van der Waals surface area (Å²) in [4.78, 5) is 11.0. The predicted octanol–water partition coefficient (Wildman–Crippen LogP) is 4.43. The van der Waals surface area contributed by atoms with E-state index in [-0.39, 0.29) is 11.9 Å². The van der Waals surface area contributed by atoms with Crippen LogP contribution in [0.2, 0.25) is 0 Å². The Bertz CT molecular complexity index is 806. The van der Waals surface area contributed by atoms with Crippen molar-refractivity contribution in [3.63, 3.8) is 0 Å². The Kier molecular flexibility index (Phi) is 6.10. The zero-order valence-electron chi connectivity index (χ0n) is 14.9. The second kappa shape index (κ2) is 8.50. The Morgan fingerprint density at radius 1 is 1.23 bits per heavy atom. The van der Waals surface area contributed by atoms with E-state index in [4.69, 9.17) is 4.74 Å². The Hall–Kier alpha value is -2.13. The maximum Gasteiger partial charge on any atom is 0.225 e. The smallest absolute Gasteiger partial charge is 0.225 e. The fourth-order valence-electron chi connectivity index (χ4n) is 2.70. The third-order valence-corrected chi connectivity index (χ3v) is 4.71. The summed E-state index contributed by atoms with van der Waals surface area (Å²) in [5.74, 6) is 7.47. The minimum Gasteiger partial charge on any atom is -0.489 e. The van der Waals surface area contributed by atoms with E-state index in [1.807, 2.05) is 0 Å². The first-order valence-corrected chi connectivity index (χ1v) is 9.51. The molecule has 0 N–H and O–H groups in total. The molecule has 26 heavy (non-hydrogen) atoms. The number of nitrogens with zero attached hydrogens (tertiary/aromatic N) is 3. The average Bonchev–Trinajstić information content (AvgIpc) is 2.64. The lowest BCUT2D eigenvalue weighted by molar-refractivity contribution is 0.168. The molecule has 1 aliphatic heterocycles. The first-order chi connectivity index (χ1) is 12.5. The highest BCUT2D eigenvalue weighted by atomic mass is 79.9. The lowest BCUT2D eigenvalue weighted by atomic mass is 10.1. The highest BCUT2D eigenvalue weighted by Gasteiger charge is 2.23. The van der Waals surface area contributed by atoms with Gasteiger partial charge in [-0.3, -0.25) is 0 Å². The van der Waals surface area contributed by atoms with Gasteiger partial charge in [-0.05, 0) is 28.1 Å². The van der Waals surface area contributed by atoms with E-state index in [9.17, 15) is 4.39 Å². The molecular formula is C20H21BrFN3O. The van der Waals surface area contributed by atoms with Gasteiger partial charge in [0.1, 0.15) is 17.7 Å². The number of aromatic nitrogens is 2. The zero-order valence-corrected chi connectivity index (χ0v) is 16.5. The van der Waals surface area contributed by atoms with Crippen molar-refractivity contribution >= 4 is 21.9 Å². The minimum absolute atomic E-state index is 0.0560. The molecule has 0 aliphatic carbocycles. The number of ether oxygens (including phenoxy) is 1. The van der Waals surface area contributed by atoms with Crippen molar-refractivity contribution in [3.8, 4) is 17.6 Å². The third-order valence-electron chi connectivity index (χ3n) is 4.06. The SMILES string of the molecule is CC(C)C#Cc1cnc(N2CCC(Oc3cc(F)ccc3Br)CC2)nc1. The number of anilines is 1. The van der Waals surface area contributed by atoms with E-state index < -0.39 is 0 Å². The molecule has 0 bridgehead atoms. The van der Waals surface area contributed by atoms with Gasteiger partial charge in [0.05, 0.1) is 10.0 Å². The van der Waals surface area contributed by atoms with E-state index >= 15 is 0 Å². The molecule has 6 heteroatoms. The normalized spacial score (nSPS) is 14.9. The monoisotopic (exact) mass is 417 g/mol. The van der Waals surface area contributed by atoms with Crippen LogP contribution in [0.3, 0.4) is 0 Å². The van der Waals surface area contributed by atoms with Gasteiger partial charge in [-0.15, -0.1) is 0 Å². The Morgan fingerprint density at radius 3 is 2.58 bits per heavy atom. The van der Waals surface area contributed by atoms with E-state index in [0.29, 0.717) is 17.6 Å². The molecule has 0 saturated carbocycles. The molecule has 4 nitrogen and oxygen atoms in total. The van der Waals surface area contributed by atoms with Gasteiger partial charge in [-0.1, -0.05) is 25.7 Å². The summed E-state index contributed by atoms with van der Waals surface area (Å²) in [6.07, 6.45) is 5.26. The molecule has 1 aromatic carbocycles. The molecule has 2 heterocycles. The minimum atomic E-state index is -0.297. The third kappa shape index (κ3) is 4.95. The summed E-state index contributed by atoms with van der Waals surface area (Å²) in [7, 11) is 0. The standard InChI is InChI=1S/C20H21BrFN3O/c1-14(2)3-4-15-12-23-20(24-13-15)25-9-7-17(8-10-25)26-19-11-16(22)5-6-18(19)21/h5-6,11-14,17H,7-10H2,1-2H3. The number of benzene rings is 1. The van der Waals surface area contributed by atoms with Gasteiger partial charge in [0.2, 0.25) is 5.95 Å². The molecule has 136 valence electrons. The molecule has 0 atom stereocenters. The van der Waals surface area contributed by atoms with E-state index in [1.54, 1.807) is 18.5 Å². The quantitative estimate of drug-likeness (QED) is 0.692. The largest absolute Gasteiger partial charge is 0.489 e. The van der Waals surface area contributed by atoms with Crippen molar-refractivity contribution in [2.45, 2.75) is 32.8 Å². The topological polar surface area (TPSA) is 38.2 Å². The van der Waals surface area contributed by atoms with Crippen LogP contribution < -0.4 is 9.64 Å². The maximum atomic E-state index is 13.4. The first-order valence-electron chi connectivity index (χ1n) is 8.71. The van der Waals surface area contributed by atoms with Gasteiger partial charge in [0.25, 0.3) is 0 Å². The van der Waals surface area contributed by atoms with E-state index in [2.05, 4.69) is 56.5 Å². The van der Waals surface area contributed by atoms with Crippen LogP contribution in [0.15, 0.2) is 35.1 Å². The van der Waals surface area contributed by atoms with Crippen molar-refractivity contribution < 1.29 is 9.13 Å². The van der Waals surface area contributed by atoms with Crippen LogP contribution in [0.4, 0.5) is 10.3 Å². The van der Waals surface area contributed by atoms with Crippen LogP contribution in [-0.2, 0) is 0 Å². The predicted molar refractivity (Wildman–Crippen MR) is 104 cm³/mol. The fourth-order valence-corrected chi connectivity index (χ4v) is 3.04.